The van der Waals surface area contributed by atoms with Crippen LogP contribution in [0.5, 0.6) is 0 Å². The molecule has 1 aliphatic rings. The number of rotatable bonds is 5. The quantitative estimate of drug-likeness (QED) is 0.259. The van der Waals surface area contributed by atoms with Crippen molar-refractivity contribution in [1.82, 2.24) is 0 Å². The van der Waals surface area contributed by atoms with Gasteiger partial charge in [-0.3, -0.25) is 4.79 Å². The number of ether oxygens (including phenoxy) is 1. The zero-order valence-corrected chi connectivity index (χ0v) is 19.1. The van der Waals surface area contributed by atoms with E-state index in [9.17, 15) is 4.79 Å². The van der Waals surface area contributed by atoms with Crippen LogP contribution in [0.15, 0.2) is 53.4 Å². The van der Waals surface area contributed by atoms with Crippen molar-refractivity contribution in [2.75, 3.05) is 0 Å². The van der Waals surface area contributed by atoms with E-state index in [-0.39, 0.29) is 18.0 Å². The number of thiol groups is 1. The minimum Gasteiger partial charge on any atom is -0.458 e. The zero-order valence-electron chi connectivity index (χ0n) is 18.2. The molecule has 1 aliphatic carbocycles. The molecule has 0 bridgehead atoms. The topological polar surface area (TPSA) is 26.3 Å². The highest BCUT2D eigenvalue weighted by atomic mass is 32.1. The average molecular weight is 421 g/mol. The van der Waals surface area contributed by atoms with Crippen LogP contribution in [0.1, 0.15) is 64.5 Å². The van der Waals surface area contributed by atoms with Gasteiger partial charge in [-0.1, -0.05) is 44.5 Å². The highest BCUT2D eigenvalue weighted by molar-refractivity contribution is 7.80. The number of carbonyl (C=O) groups is 1. The van der Waals surface area contributed by atoms with Crippen LogP contribution in [0.25, 0.3) is 21.5 Å². The Hall–Kier alpha value is -2.00. The fraction of sp³-hybridized carbons (Fsp3) is 0.444. The maximum Gasteiger partial charge on any atom is 0.309 e. The lowest BCUT2D eigenvalue weighted by Crippen LogP contribution is -2.26. The highest BCUT2D eigenvalue weighted by Crippen LogP contribution is 2.36. The molecule has 0 amide bonds. The molecule has 30 heavy (non-hydrogen) atoms. The minimum atomic E-state index is -0.272. The molecule has 3 aromatic carbocycles. The van der Waals surface area contributed by atoms with E-state index in [1.807, 2.05) is 13.0 Å². The molecule has 0 spiro atoms. The summed E-state index contributed by atoms with van der Waals surface area (Å²) >= 11 is 4.73. The summed E-state index contributed by atoms with van der Waals surface area (Å²) in [6.07, 6.45) is 5.16. The van der Waals surface area contributed by atoms with Gasteiger partial charge < -0.3 is 4.74 Å². The molecule has 0 aromatic heterocycles. The fourth-order valence-electron chi connectivity index (χ4n) is 4.89. The van der Waals surface area contributed by atoms with Gasteiger partial charge in [-0.15, -0.1) is 12.6 Å². The van der Waals surface area contributed by atoms with Gasteiger partial charge in [0.25, 0.3) is 0 Å². The Bertz CT molecular complexity index is 1050. The lowest BCUT2D eigenvalue weighted by Gasteiger charge is -2.31. The summed E-state index contributed by atoms with van der Waals surface area (Å²) in [6, 6.07) is 16.9. The minimum absolute atomic E-state index is 0.0376. The van der Waals surface area contributed by atoms with Crippen molar-refractivity contribution in [2.24, 2.45) is 17.8 Å². The van der Waals surface area contributed by atoms with Crippen molar-refractivity contribution in [2.45, 2.75) is 63.9 Å². The molecule has 0 radical (unpaired) electrons. The van der Waals surface area contributed by atoms with E-state index in [2.05, 4.69) is 56.3 Å². The van der Waals surface area contributed by atoms with E-state index >= 15 is 0 Å². The summed E-state index contributed by atoms with van der Waals surface area (Å²) in [5.41, 5.74) is 1.00. The van der Waals surface area contributed by atoms with E-state index in [1.165, 1.54) is 17.2 Å². The second kappa shape index (κ2) is 9.01. The monoisotopic (exact) mass is 420 g/mol. The van der Waals surface area contributed by atoms with Gasteiger partial charge in [-0.25, -0.2) is 0 Å². The summed E-state index contributed by atoms with van der Waals surface area (Å²) in [7, 11) is 0. The number of benzene rings is 3. The van der Waals surface area contributed by atoms with Crippen molar-refractivity contribution in [1.29, 1.82) is 0 Å². The standard InChI is InChI=1S/C27H32O2S/c1-4-17(2)19-9-11-20(12-10-19)27(28)29-18(3)23-14-24-13-21-7-5-6-8-22(21)15-25(24)26(30)16-23/h5-8,13-20,30H,4,9-12H2,1-3H3. The van der Waals surface area contributed by atoms with Crippen LogP contribution in [0.2, 0.25) is 0 Å². The van der Waals surface area contributed by atoms with Crippen LogP contribution in [0, 0.1) is 17.8 Å². The smallest absolute Gasteiger partial charge is 0.309 e. The van der Waals surface area contributed by atoms with Crippen LogP contribution in [0.3, 0.4) is 0 Å². The molecule has 1 saturated carbocycles. The lowest BCUT2D eigenvalue weighted by atomic mass is 9.75. The predicted molar refractivity (Wildman–Crippen MR) is 128 cm³/mol. The normalized spacial score (nSPS) is 21.5. The van der Waals surface area contributed by atoms with Crippen LogP contribution >= 0.6 is 12.6 Å². The van der Waals surface area contributed by atoms with Crippen molar-refractivity contribution in [3.63, 3.8) is 0 Å². The van der Waals surface area contributed by atoms with Gasteiger partial charge in [0.05, 0.1) is 5.92 Å². The van der Waals surface area contributed by atoms with E-state index in [0.29, 0.717) is 0 Å². The summed E-state index contributed by atoms with van der Waals surface area (Å²) in [4.78, 5) is 13.7. The number of esters is 1. The fourth-order valence-corrected chi connectivity index (χ4v) is 5.23. The maximum atomic E-state index is 12.8. The van der Waals surface area contributed by atoms with Crippen LogP contribution in [0.4, 0.5) is 0 Å². The summed E-state index contributed by atoms with van der Waals surface area (Å²) in [6.45, 7) is 6.57. The van der Waals surface area contributed by atoms with Gasteiger partial charge in [-0.2, -0.15) is 0 Å². The van der Waals surface area contributed by atoms with Gasteiger partial charge in [0, 0.05) is 4.90 Å². The first-order valence-corrected chi connectivity index (χ1v) is 11.8. The van der Waals surface area contributed by atoms with Crippen molar-refractivity contribution in [3.05, 3.63) is 54.1 Å². The molecule has 1 fully saturated rings. The number of carbonyl (C=O) groups excluding carboxylic acids is 1. The van der Waals surface area contributed by atoms with Crippen LogP contribution in [-0.2, 0) is 9.53 Å². The molecule has 158 valence electrons. The molecule has 3 heteroatoms. The van der Waals surface area contributed by atoms with Gasteiger partial charge in [0.1, 0.15) is 6.10 Å². The van der Waals surface area contributed by atoms with Crippen LogP contribution in [-0.4, -0.2) is 5.97 Å². The number of hydrogen-bond donors (Lipinski definition) is 1. The molecular formula is C27H32O2S. The number of hydrogen-bond acceptors (Lipinski definition) is 3. The third-order valence-electron chi connectivity index (χ3n) is 7.14. The lowest BCUT2D eigenvalue weighted by molar-refractivity contribution is -0.155. The number of fused-ring (bicyclic) bond motifs is 2. The summed E-state index contributed by atoms with van der Waals surface area (Å²) in [5.74, 6) is 1.53. The second-order valence-electron chi connectivity index (χ2n) is 9.04. The zero-order chi connectivity index (χ0) is 21.3. The average Bonchev–Trinajstić information content (AvgIpc) is 2.77. The van der Waals surface area contributed by atoms with E-state index in [4.69, 9.17) is 17.4 Å². The Balaban J connectivity index is 1.48. The first kappa shape index (κ1) is 21.2. The van der Waals surface area contributed by atoms with Crippen LogP contribution < -0.4 is 0 Å². The largest absolute Gasteiger partial charge is 0.458 e. The van der Waals surface area contributed by atoms with Gasteiger partial charge in [0.15, 0.2) is 0 Å². The van der Waals surface area contributed by atoms with Gasteiger partial charge in [-0.05, 0) is 95.8 Å². The Labute approximate surface area is 185 Å². The molecule has 3 aromatic rings. The first-order chi connectivity index (χ1) is 14.5. The molecule has 2 nitrogen and oxygen atoms in total. The van der Waals surface area contributed by atoms with Crippen molar-refractivity contribution in [3.8, 4) is 0 Å². The van der Waals surface area contributed by atoms with E-state index < -0.39 is 0 Å². The van der Waals surface area contributed by atoms with Crippen molar-refractivity contribution < 1.29 is 9.53 Å². The first-order valence-electron chi connectivity index (χ1n) is 11.3. The van der Waals surface area contributed by atoms with E-state index in [1.54, 1.807) is 0 Å². The Morgan fingerprint density at radius 3 is 2.33 bits per heavy atom. The predicted octanol–water partition coefficient (Wildman–Crippen LogP) is 7.74. The Kier molecular flexibility index (Phi) is 6.38. The SMILES string of the molecule is CCC(C)C1CCC(C(=O)OC(C)c2cc(S)c3cc4ccccc4cc3c2)CC1. The second-order valence-corrected chi connectivity index (χ2v) is 9.52. The maximum absolute atomic E-state index is 12.8. The molecule has 2 unspecified atom stereocenters. The molecule has 4 rings (SSSR count). The molecule has 0 N–H and O–H groups in total. The Morgan fingerprint density at radius 2 is 1.67 bits per heavy atom. The summed E-state index contributed by atoms with van der Waals surface area (Å²) < 4.78 is 5.92. The van der Waals surface area contributed by atoms with E-state index in [0.717, 1.165) is 58.8 Å². The molecule has 2 atom stereocenters. The molecular weight excluding hydrogens is 388 g/mol. The third kappa shape index (κ3) is 4.37. The van der Waals surface area contributed by atoms with Crippen molar-refractivity contribution >= 4 is 40.1 Å². The molecule has 0 heterocycles. The highest BCUT2D eigenvalue weighted by Gasteiger charge is 2.30. The van der Waals surface area contributed by atoms with Gasteiger partial charge >= 0.3 is 5.97 Å². The third-order valence-corrected chi connectivity index (χ3v) is 7.51. The molecule has 0 aliphatic heterocycles. The Morgan fingerprint density at radius 1 is 1.00 bits per heavy atom. The summed E-state index contributed by atoms with van der Waals surface area (Å²) in [5, 5.41) is 4.67. The molecule has 0 saturated heterocycles. The van der Waals surface area contributed by atoms with Gasteiger partial charge in [0.2, 0.25) is 0 Å².